The Morgan fingerprint density at radius 1 is 0.217 bits per heavy atom. The number of imidazole rings is 2. The lowest BCUT2D eigenvalue weighted by Crippen LogP contribution is -2.74. The predicted octanol–water partition coefficient (Wildman–Crippen LogP) is 14.4. The van der Waals surface area contributed by atoms with Gasteiger partial charge in [-0.15, -0.1) is 0 Å². The summed E-state index contributed by atoms with van der Waals surface area (Å²) in [4.78, 5) is 11.4. The van der Waals surface area contributed by atoms with E-state index in [2.05, 4.69) is 370 Å². The van der Waals surface area contributed by atoms with Crippen LogP contribution in [-0.4, -0.2) is 44.2 Å². The molecule has 8 heteroatoms. The topological polar surface area (TPSA) is 45.0 Å². The summed E-state index contributed by atoms with van der Waals surface area (Å²) in [6.07, 6.45) is 0. The van der Waals surface area contributed by atoms with Crippen LogP contribution in [-0.2, 0) is 0 Å². The van der Waals surface area contributed by atoms with Crippen LogP contribution in [0.15, 0.2) is 352 Å². The van der Waals surface area contributed by atoms with Crippen LogP contribution < -0.4 is 41.5 Å². The van der Waals surface area contributed by atoms with Gasteiger partial charge in [-0.1, -0.05) is 279 Å². The molecule has 5 heterocycles. The number of fused-ring (bicyclic) bond motifs is 11. The van der Waals surface area contributed by atoms with E-state index in [1.165, 1.54) is 52.3 Å². The summed E-state index contributed by atoms with van der Waals surface area (Å²) in [5.41, 5.74) is 11.7. The van der Waals surface area contributed by atoms with Crippen molar-refractivity contribution in [3.63, 3.8) is 0 Å². The molecule has 6 nitrogen and oxygen atoms in total. The van der Waals surface area contributed by atoms with E-state index in [1.807, 2.05) is 0 Å². The molecule has 0 spiro atoms. The first kappa shape index (κ1) is 53.4. The number of rotatable bonds is 12. The lowest BCUT2D eigenvalue weighted by atomic mass is 10.1. The number of nitrogens with zero attached hydrogens (tertiary/aromatic N) is 6. The number of hydrogen-bond acceptors (Lipinski definition) is 2. The average Bonchev–Trinajstić information content (AvgIpc) is 1.31. The van der Waals surface area contributed by atoms with E-state index < -0.39 is 16.1 Å². The molecule has 0 aliphatic rings. The van der Waals surface area contributed by atoms with E-state index in [0.717, 1.165) is 89.1 Å². The van der Waals surface area contributed by atoms with Gasteiger partial charge in [-0.2, -0.15) is 0 Å². The molecule has 0 radical (unpaired) electrons. The van der Waals surface area contributed by atoms with Crippen molar-refractivity contribution in [3.05, 3.63) is 352 Å². The van der Waals surface area contributed by atoms with Crippen LogP contribution in [0.2, 0.25) is 0 Å². The van der Waals surface area contributed by atoms with Gasteiger partial charge in [-0.05, 0) is 125 Å². The van der Waals surface area contributed by atoms with Crippen LogP contribution in [0, 0.1) is 0 Å². The fourth-order valence-corrected chi connectivity index (χ4v) is 24.9. The molecule has 0 atom stereocenters. The van der Waals surface area contributed by atoms with E-state index >= 15 is 0 Å². The molecule has 0 bridgehead atoms. The summed E-state index contributed by atoms with van der Waals surface area (Å²) < 4.78 is 9.41. The highest BCUT2D eigenvalue weighted by atomic mass is 28.3. The summed E-state index contributed by atoms with van der Waals surface area (Å²) in [5, 5.41) is 15.3. The molecule has 92 heavy (non-hydrogen) atoms. The summed E-state index contributed by atoms with van der Waals surface area (Å²) in [6.45, 7) is 0. The number of hydrogen-bond donors (Lipinski definition) is 0. The fourth-order valence-electron chi connectivity index (χ4n) is 15.4. The molecule has 0 amide bonds. The summed E-state index contributed by atoms with van der Waals surface area (Å²) in [5.74, 6) is 2.35. The maximum Gasteiger partial charge on any atom is 0.221 e. The summed E-state index contributed by atoms with van der Waals surface area (Å²) >= 11 is 0. The minimum Gasteiger partial charge on any atom is -0.309 e. The molecular formula is C84H58N6Si2. The highest BCUT2D eigenvalue weighted by molar-refractivity contribution is 7.20. The van der Waals surface area contributed by atoms with Crippen LogP contribution in [0.25, 0.3) is 99.9 Å². The van der Waals surface area contributed by atoms with Gasteiger partial charge >= 0.3 is 0 Å². The monoisotopic (exact) mass is 1210 g/mol. The minimum absolute atomic E-state index is 0.761. The predicted molar refractivity (Wildman–Crippen MR) is 389 cm³/mol. The van der Waals surface area contributed by atoms with Crippen LogP contribution in [0.3, 0.4) is 0 Å². The fraction of sp³-hybridized carbons (Fsp3) is 0. The second-order valence-corrected chi connectivity index (χ2v) is 31.7. The van der Waals surface area contributed by atoms with E-state index in [0.29, 0.717) is 0 Å². The van der Waals surface area contributed by atoms with Crippen molar-refractivity contribution in [3.8, 4) is 28.5 Å². The second-order valence-electron chi connectivity index (χ2n) is 24.0. The van der Waals surface area contributed by atoms with Gasteiger partial charge in [0.2, 0.25) is 5.78 Å². The van der Waals surface area contributed by atoms with Crippen molar-refractivity contribution < 1.29 is 0 Å². The molecular weight excluding hydrogens is 1150 g/mol. The van der Waals surface area contributed by atoms with Gasteiger partial charge in [0.05, 0.1) is 44.1 Å². The average molecular weight is 1210 g/mol. The minimum atomic E-state index is -3.04. The highest BCUT2D eigenvalue weighted by Crippen LogP contribution is 2.38. The van der Waals surface area contributed by atoms with E-state index in [1.54, 1.807) is 0 Å². The molecule has 0 N–H and O–H groups in total. The Morgan fingerprint density at radius 3 is 1.07 bits per heavy atom. The zero-order chi connectivity index (χ0) is 60.7. The SMILES string of the molecule is c1ccc([Si](c2ccccc2)(c2ccccc2)c2ccc3c(c2)c2cc([Si](c4ccccc4)(c4ccccc4)c4ccccc4)ccc2n3-c2cc(-c3cccc(-n4c5ccccc5c5ccccc54)c3)cc(-n3c4ccccc4n4c5ccccc5nc34)n2)cc1. The van der Waals surface area contributed by atoms with Gasteiger partial charge in [0, 0.05) is 27.2 Å². The number of benzene rings is 13. The normalized spacial score (nSPS) is 12.1. The first-order chi connectivity index (χ1) is 45.6. The van der Waals surface area contributed by atoms with Gasteiger partial charge < -0.3 is 4.57 Å². The van der Waals surface area contributed by atoms with Crippen molar-refractivity contribution in [2.45, 2.75) is 0 Å². The third kappa shape index (κ3) is 8.11. The first-order valence-electron chi connectivity index (χ1n) is 31.6. The third-order valence-electron chi connectivity index (χ3n) is 19.3. The molecule has 5 aromatic heterocycles. The zero-order valence-corrected chi connectivity index (χ0v) is 52.2. The Kier molecular flexibility index (Phi) is 12.5. The van der Waals surface area contributed by atoms with Gasteiger partial charge in [0.15, 0.2) is 16.1 Å². The lowest BCUT2D eigenvalue weighted by Gasteiger charge is -2.34. The number of pyridine rings is 1. The van der Waals surface area contributed by atoms with Crippen LogP contribution in [0.4, 0.5) is 0 Å². The Bertz CT molecular complexity index is 5390. The van der Waals surface area contributed by atoms with Crippen molar-refractivity contribution >= 4 is 129 Å². The molecule has 18 rings (SSSR count). The summed E-state index contributed by atoms with van der Waals surface area (Å²) in [6, 6.07) is 131. The van der Waals surface area contributed by atoms with Gasteiger partial charge in [0.1, 0.15) is 11.6 Å². The van der Waals surface area contributed by atoms with Crippen LogP contribution in [0.5, 0.6) is 0 Å². The van der Waals surface area contributed by atoms with Crippen molar-refractivity contribution in [2.24, 2.45) is 0 Å². The van der Waals surface area contributed by atoms with E-state index in [-0.39, 0.29) is 0 Å². The molecule has 0 aliphatic heterocycles. The van der Waals surface area contributed by atoms with Gasteiger partial charge in [-0.3, -0.25) is 13.5 Å². The molecule has 0 unspecified atom stereocenters. The molecule has 18 aromatic rings. The van der Waals surface area contributed by atoms with Crippen molar-refractivity contribution in [1.82, 2.24) is 28.1 Å². The van der Waals surface area contributed by atoms with Crippen LogP contribution >= 0.6 is 0 Å². The Balaban J connectivity index is 0.966. The van der Waals surface area contributed by atoms with Crippen molar-refractivity contribution in [2.75, 3.05) is 0 Å². The van der Waals surface area contributed by atoms with Crippen molar-refractivity contribution in [1.29, 1.82) is 0 Å². The van der Waals surface area contributed by atoms with Crippen LogP contribution in [0.1, 0.15) is 0 Å². The lowest BCUT2D eigenvalue weighted by molar-refractivity contribution is 0.996. The van der Waals surface area contributed by atoms with Gasteiger partial charge in [0.25, 0.3) is 0 Å². The first-order valence-corrected chi connectivity index (χ1v) is 35.6. The Labute approximate surface area is 534 Å². The Morgan fingerprint density at radius 2 is 0.598 bits per heavy atom. The van der Waals surface area contributed by atoms with E-state index in [4.69, 9.17) is 9.97 Å². The molecule has 0 saturated carbocycles. The summed E-state index contributed by atoms with van der Waals surface area (Å²) in [7, 11) is -6.08. The molecule has 432 valence electrons. The third-order valence-corrected chi connectivity index (χ3v) is 28.8. The number of aromatic nitrogens is 6. The maximum absolute atomic E-state index is 5.98. The maximum atomic E-state index is 5.98. The Hall–Kier alpha value is -11.7. The molecule has 0 fully saturated rings. The second kappa shape index (κ2) is 21.5. The zero-order valence-electron chi connectivity index (χ0n) is 50.2. The van der Waals surface area contributed by atoms with E-state index in [9.17, 15) is 0 Å². The quantitative estimate of drug-likeness (QED) is 0.0904. The largest absolute Gasteiger partial charge is 0.309 e. The molecule has 13 aromatic carbocycles. The highest BCUT2D eigenvalue weighted by Gasteiger charge is 2.44. The molecule has 0 aliphatic carbocycles. The molecule has 0 saturated heterocycles. The smallest absolute Gasteiger partial charge is 0.221 e. The number of para-hydroxylation sites is 6. The van der Waals surface area contributed by atoms with Gasteiger partial charge in [-0.25, -0.2) is 9.97 Å². The standard InChI is InChI=1S/C84H58N6Si2/c1-7-30-62(31-8-1)91(63-32-9-2-10-33-63,64-34-11-3-12-35-64)68-50-52-77-72(57-68)73-58-69(92(65-36-13-4-14-37-65,66-38-15-5-16-39-66)67-40-17-6-18-41-67)51-53-78(73)88(77)82-55-60(59-28-27-29-61(54-59)87-75-45-22-19-42-70(75)71-43-20-23-46-76(71)87)56-83(86-82)90-81-49-26-25-48-80(81)89-79-47-24-21-44-74(79)85-84(89)90/h1-58H.